The van der Waals surface area contributed by atoms with E-state index < -0.39 is 28.1 Å². The van der Waals surface area contributed by atoms with Crippen molar-refractivity contribution >= 4 is 62.6 Å². The second-order valence-electron chi connectivity index (χ2n) is 11.1. The zero-order valence-electron chi connectivity index (χ0n) is 25.4. The van der Waals surface area contributed by atoms with Crippen LogP contribution in [0.4, 0.5) is 4.79 Å². The third kappa shape index (κ3) is 6.81. The SMILES string of the molecule is CCOc1cc(Cl)c(S(=O)(=O)N2CCOCC2)cc1C1=N[C@@H](c2ccc(Cl)cc2)[C@@H](c2ccc(Cl)cc2)N1C(=O)N1CCNC(=O)C1. The van der Waals surface area contributed by atoms with Gasteiger partial charge in [0.15, 0.2) is 0 Å². The molecule has 3 aliphatic heterocycles. The molecule has 0 spiro atoms. The van der Waals surface area contributed by atoms with Gasteiger partial charge in [-0.1, -0.05) is 59.1 Å². The number of hydrogen-bond donors (Lipinski definition) is 1. The number of carbonyl (C=O) groups is 2. The van der Waals surface area contributed by atoms with E-state index in [0.717, 1.165) is 11.1 Å². The molecule has 0 aliphatic carbocycles. The van der Waals surface area contributed by atoms with E-state index in [1.165, 1.54) is 26.2 Å². The fourth-order valence-corrected chi connectivity index (χ4v) is 8.10. The van der Waals surface area contributed by atoms with Gasteiger partial charge in [0.1, 0.15) is 29.1 Å². The van der Waals surface area contributed by atoms with Crippen LogP contribution in [-0.2, 0) is 19.6 Å². The molecule has 0 bridgehead atoms. The molecule has 0 unspecified atom stereocenters. The maximum Gasteiger partial charge on any atom is 0.326 e. The highest BCUT2D eigenvalue weighted by Gasteiger charge is 2.45. The summed E-state index contributed by atoms with van der Waals surface area (Å²) in [6.07, 6.45) is 0. The summed E-state index contributed by atoms with van der Waals surface area (Å²) in [7, 11) is -4.07. The van der Waals surface area contributed by atoms with E-state index in [-0.39, 0.29) is 85.5 Å². The molecule has 0 saturated carbocycles. The van der Waals surface area contributed by atoms with Crippen LogP contribution >= 0.6 is 34.8 Å². The van der Waals surface area contributed by atoms with Crippen molar-refractivity contribution in [3.63, 3.8) is 0 Å². The average molecular weight is 721 g/mol. The van der Waals surface area contributed by atoms with E-state index in [4.69, 9.17) is 49.3 Å². The van der Waals surface area contributed by atoms with Crippen molar-refractivity contribution in [2.24, 2.45) is 4.99 Å². The number of morpholine rings is 1. The number of benzene rings is 3. The van der Waals surface area contributed by atoms with Crippen molar-refractivity contribution in [1.29, 1.82) is 0 Å². The van der Waals surface area contributed by atoms with Gasteiger partial charge in [-0.2, -0.15) is 4.31 Å². The first kappa shape index (κ1) is 33.5. The Morgan fingerprint density at radius 1 is 0.979 bits per heavy atom. The predicted octanol–water partition coefficient (Wildman–Crippen LogP) is 5.16. The van der Waals surface area contributed by atoms with Gasteiger partial charge in [-0.3, -0.25) is 14.7 Å². The lowest BCUT2D eigenvalue weighted by atomic mass is 9.93. The first-order valence-corrected chi connectivity index (χ1v) is 17.6. The number of halogens is 3. The summed E-state index contributed by atoms with van der Waals surface area (Å²) in [5, 5.41) is 3.76. The van der Waals surface area contributed by atoms with Crippen molar-refractivity contribution < 1.29 is 27.5 Å². The summed E-state index contributed by atoms with van der Waals surface area (Å²) >= 11 is 19.2. The summed E-state index contributed by atoms with van der Waals surface area (Å²) < 4.78 is 40.5. The molecule has 248 valence electrons. The Labute approximate surface area is 288 Å². The first-order valence-electron chi connectivity index (χ1n) is 15.1. The van der Waals surface area contributed by atoms with Gasteiger partial charge >= 0.3 is 6.03 Å². The van der Waals surface area contributed by atoms with Gasteiger partial charge in [-0.05, 0) is 48.4 Å². The Kier molecular flexibility index (Phi) is 9.98. The standard InChI is InChI=1S/C32H32Cl3N5O6S/c1-2-46-26-18-25(35)27(47(43,44)39-13-15-45-16-14-39)17-24(26)31-37-29(20-3-7-22(33)8-4-20)30(21-5-9-23(34)10-6-21)40(31)32(42)38-12-11-36-28(41)19-38/h3-10,17-18,29-30H,2,11-16,19H2,1H3,(H,36,41)/t29-,30+/m0/s1. The maximum atomic E-state index is 14.6. The maximum absolute atomic E-state index is 14.6. The Bertz CT molecular complexity index is 1800. The number of hydrogen-bond acceptors (Lipinski definition) is 7. The van der Waals surface area contributed by atoms with Gasteiger partial charge in [-0.25, -0.2) is 13.2 Å². The molecule has 1 N–H and O–H groups in total. The molecule has 3 aromatic carbocycles. The van der Waals surface area contributed by atoms with Gasteiger partial charge in [0.25, 0.3) is 0 Å². The number of aliphatic imine (C=N–C) groups is 1. The second kappa shape index (κ2) is 14.0. The zero-order chi connectivity index (χ0) is 33.3. The summed E-state index contributed by atoms with van der Waals surface area (Å²) in [4.78, 5) is 35.0. The number of ether oxygens (including phenoxy) is 2. The fraction of sp³-hybridized carbons (Fsp3) is 0.344. The van der Waals surface area contributed by atoms with Crippen molar-refractivity contribution in [3.8, 4) is 5.75 Å². The number of amidine groups is 1. The number of rotatable bonds is 7. The number of nitrogens with one attached hydrogen (secondary N) is 1. The summed E-state index contributed by atoms with van der Waals surface area (Å²) in [5.74, 6) is 0.123. The van der Waals surface area contributed by atoms with Crippen LogP contribution in [-0.4, -0.2) is 92.8 Å². The highest BCUT2D eigenvalue weighted by Crippen LogP contribution is 2.46. The predicted molar refractivity (Wildman–Crippen MR) is 179 cm³/mol. The normalized spacial score (nSPS) is 20.6. The lowest BCUT2D eigenvalue weighted by molar-refractivity contribution is -0.123. The molecule has 6 rings (SSSR count). The van der Waals surface area contributed by atoms with Gasteiger partial charge in [0.2, 0.25) is 15.9 Å². The lowest BCUT2D eigenvalue weighted by Crippen LogP contribution is -2.55. The molecule has 0 radical (unpaired) electrons. The van der Waals surface area contributed by atoms with Crippen LogP contribution in [0.15, 0.2) is 70.6 Å². The lowest BCUT2D eigenvalue weighted by Gasteiger charge is -2.36. The molecule has 3 aliphatic rings. The number of amides is 3. The first-order chi connectivity index (χ1) is 22.6. The third-order valence-corrected chi connectivity index (χ3v) is 11.0. The van der Waals surface area contributed by atoms with E-state index in [1.807, 2.05) is 24.3 Å². The van der Waals surface area contributed by atoms with Crippen molar-refractivity contribution in [2.75, 3.05) is 52.5 Å². The number of sulfonamides is 1. The van der Waals surface area contributed by atoms with Crippen LogP contribution < -0.4 is 10.1 Å². The molecule has 2 atom stereocenters. The van der Waals surface area contributed by atoms with Gasteiger partial charge in [0.05, 0.1) is 36.4 Å². The van der Waals surface area contributed by atoms with Crippen LogP contribution in [0.3, 0.4) is 0 Å². The van der Waals surface area contributed by atoms with Crippen LogP contribution in [0.25, 0.3) is 0 Å². The highest BCUT2D eigenvalue weighted by molar-refractivity contribution is 7.89. The summed E-state index contributed by atoms with van der Waals surface area (Å²) in [5.41, 5.74) is 1.73. The van der Waals surface area contributed by atoms with E-state index in [0.29, 0.717) is 10.0 Å². The largest absolute Gasteiger partial charge is 0.493 e. The van der Waals surface area contributed by atoms with Gasteiger partial charge in [0, 0.05) is 42.3 Å². The molecular weight excluding hydrogens is 689 g/mol. The molecule has 11 nitrogen and oxygen atoms in total. The molecule has 0 aromatic heterocycles. The van der Waals surface area contributed by atoms with E-state index in [1.54, 1.807) is 31.2 Å². The van der Waals surface area contributed by atoms with Crippen LogP contribution in [0.2, 0.25) is 15.1 Å². The van der Waals surface area contributed by atoms with E-state index >= 15 is 0 Å². The quantitative estimate of drug-likeness (QED) is 0.360. The molecule has 2 fully saturated rings. The molecule has 3 heterocycles. The second-order valence-corrected chi connectivity index (χ2v) is 14.3. The van der Waals surface area contributed by atoms with Crippen LogP contribution in [0, 0.1) is 0 Å². The smallest absolute Gasteiger partial charge is 0.326 e. The zero-order valence-corrected chi connectivity index (χ0v) is 28.4. The van der Waals surface area contributed by atoms with E-state index in [2.05, 4.69) is 5.32 Å². The topological polar surface area (TPSA) is 121 Å². The van der Waals surface area contributed by atoms with Gasteiger partial charge in [-0.15, -0.1) is 0 Å². The van der Waals surface area contributed by atoms with Gasteiger partial charge < -0.3 is 19.7 Å². The Morgan fingerprint density at radius 3 is 2.23 bits per heavy atom. The minimum Gasteiger partial charge on any atom is -0.493 e. The third-order valence-electron chi connectivity index (χ3n) is 8.17. The summed E-state index contributed by atoms with van der Waals surface area (Å²) in [6.45, 7) is 3.25. The average Bonchev–Trinajstić information content (AvgIpc) is 3.46. The van der Waals surface area contributed by atoms with Crippen molar-refractivity contribution in [2.45, 2.75) is 23.9 Å². The monoisotopic (exact) mass is 719 g/mol. The molecule has 3 aromatic rings. The van der Waals surface area contributed by atoms with Crippen molar-refractivity contribution in [3.05, 3.63) is 92.4 Å². The molecule has 3 amide bonds. The number of carbonyl (C=O) groups excluding carboxylic acids is 2. The number of urea groups is 1. The Hall–Kier alpha value is -3.39. The molecule has 15 heteroatoms. The minimum atomic E-state index is -4.07. The molecule has 47 heavy (non-hydrogen) atoms. The molecule has 2 saturated heterocycles. The fourth-order valence-electron chi connectivity index (χ4n) is 5.92. The van der Waals surface area contributed by atoms with Crippen LogP contribution in [0.1, 0.15) is 35.7 Å². The summed E-state index contributed by atoms with van der Waals surface area (Å²) in [6, 6.07) is 15.2. The minimum absolute atomic E-state index is 0.0311. The Morgan fingerprint density at radius 2 is 1.62 bits per heavy atom. The number of piperazine rings is 1. The molecular formula is C32H32Cl3N5O6S. The van der Waals surface area contributed by atoms with Crippen molar-refractivity contribution in [1.82, 2.24) is 19.4 Å². The highest BCUT2D eigenvalue weighted by atomic mass is 35.5. The van der Waals surface area contributed by atoms with E-state index in [9.17, 15) is 18.0 Å². The number of nitrogens with zero attached hydrogens (tertiary/aromatic N) is 4. The van der Waals surface area contributed by atoms with Crippen LogP contribution in [0.5, 0.6) is 5.75 Å². The Balaban J connectivity index is 1.57.